The van der Waals surface area contributed by atoms with E-state index in [0.717, 1.165) is 34.9 Å². The van der Waals surface area contributed by atoms with Gasteiger partial charge in [0.2, 0.25) is 0 Å². The lowest BCUT2D eigenvalue weighted by atomic mass is 9.72. The summed E-state index contributed by atoms with van der Waals surface area (Å²) >= 11 is 0. The van der Waals surface area contributed by atoms with E-state index in [1.54, 1.807) is 18.2 Å². The van der Waals surface area contributed by atoms with Gasteiger partial charge in [0.15, 0.2) is 0 Å². The number of phenols is 2. The number of hydrogen-bond donors (Lipinski definition) is 2. The molecule has 2 aromatic heterocycles. The Morgan fingerprint density at radius 2 is 1.12 bits per heavy atom. The molecule has 0 saturated heterocycles. The molecule has 0 bridgehead atoms. The molecule has 0 aliphatic carbocycles. The molecule has 6 aromatic rings. The Labute approximate surface area is 289 Å². The van der Waals surface area contributed by atoms with E-state index in [-0.39, 0.29) is 22.3 Å². The number of phenolic OH excluding ortho intramolecular Hbond substituents is 2. The lowest BCUT2D eigenvalue weighted by molar-refractivity contribution is 0.284. The molecule has 2 heterocycles. The fourth-order valence-electron chi connectivity index (χ4n) is 6.30. The number of aromatic hydroxyl groups is 2. The second kappa shape index (κ2) is 15.5. The van der Waals surface area contributed by atoms with E-state index in [9.17, 15) is 10.2 Å². The third-order valence-electron chi connectivity index (χ3n) is 8.45. The van der Waals surface area contributed by atoms with Crippen LogP contribution in [0.1, 0.15) is 92.1 Å². The van der Waals surface area contributed by atoms with Crippen LogP contribution in [0, 0.1) is 5.41 Å². The molecule has 49 heavy (non-hydrogen) atoms. The van der Waals surface area contributed by atoms with Crippen molar-refractivity contribution in [2.24, 2.45) is 5.41 Å². The van der Waals surface area contributed by atoms with Gasteiger partial charge in [-0.2, -0.15) is 0 Å². The minimum absolute atomic E-state index is 0.00667. The SMILES string of the molecule is CC(C)(C)CC(C)(C)c1ccc(O)c(-n2nc3ccccc3n2)c1.CCCCCCCCOc1ccc(-n2nc3ccccc3n2)c(O)c1. The highest BCUT2D eigenvalue weighted by Crippen LogP contribution is 2.38. The standard InChI is InChI=1S/C20H25N3O2.C20H25N3O/c1-2-3-4-5-6-9-14-25-16-12-13-19(20(24)15-16)23-21-17-10-7-8-11-18(17)22-23;1-19(2,3)13-20(4,5)14-10-11-18(24)17(12-14)23-21-15-8-6-7-9-16(15)22-23/h7-8,10-13,15,24H,2-6,9,14H2,1H3;6-12,24H,13H2,1-5H3. The molecule has 4 aromatic carbocycles. The van der Waals surface area contributed by atoms with Gasteiger partial charge in [-0.05, 0) is 77.8 Å². The number of unbranched alkanes of at least 4 members (excludes halogenated alkanes) is 5. The van der Waals surface area contributed by atoms with Crippen molar-refractivity contribution < 1.29 is 14.9 Å². The Kier molecular flexibility index (Phi) is 11.2. The van der Waals surface area contributed by atoms with E-state index in [4.69, 9.17) is 4.74 Å². The molecule has 9 nitrogen and oxygen atoms in total. The van der Waals surface area contributed by atoms with Gasteiger partial charge in [0.05, 0.1) is 6.61 Å². The van der Waals surface area contributed by atoms with Crippen LogP contribution in [0.15, 0.2) is 84.9 Å². The minimum atomic E-state index is -0.00667. The molecule has 9 heteroatoms. The molecule has 0 saturated carbocycles. The summed E-state index contributed by atoms with van der Waals surface area (Å²) in [6, 6.07) is 26.3. The lowest BCUT2D eigenvalue weighted by Crippen LogP contribution is -2.25. The summed E-state index contributed by atoms with van der Waals surface area (Å²) in [6.45, 7) is 14.1. The van der Waals surface area contributed by atoms with Gasteiger partial charge in [-0.1, -0.05) is 104 Å². The first-order valence-electron chi connectivity index (χ1n) is 17.4. The zero-order valence-corrected chi connectivity index (χ0v) is 29.7. The van der Waals surface area contributed by atoms with Crippen molar-refractivity contribution in [3.63, 3.8) is 0 Å². The van der Waals surface area contributed by atoms with Crippen LogP contribution in [0.5, 0.6) is 17.2 Å². The number of hydrogen-bond acceptors (Lipinski definition) is 7. The Balaban J connectivity index is 0.000000191. The molecule has 2 N–H and O–H groups in total. The third kappa shape index (κ3) is 9.37. The molecule has 6 rings (SSSR count). The highest BCUT2D eigenvalue weighted by Gasteiger charge is 2.28. The topological polar surface area (TPSA) is 111 Å². The average molecular weight is 663 g/mol. The Morgan fingerprint density at radius 1 is 0.592 bits per heavy atom. The van der Waals surface area contributed by atoms with E-state index in [1.807, 2.05) is 66.7 Å². The quantitative estimate of drug-likeness (QED) is 0.126. The first kappa shape index (κ1) is 35.4. The second-order valence-corrected chi connectivity index (χ2v) is 14.5. The van der Waals surface area contributed by atoms with Crippen LogP contribution in [0.2, 0.25) is 0 Å². The van der Waals surface area contributed by atoms with Crippen LogP contribution in [0.4, 0.5) is 0 Å². The third-order valence-corrected chi connectivity index (χ3v) is 8.45. The van der Waals surface area contributed by atoms with Crippen molar-refractivity contribution >= 4 is 22.1 Å². The fraction of sp³-hybridized carbons (Fsp3) is 0.400. The van der Waals surface area contributed by atoms with Crippen LogP contribution in [0.25, 0.3) is 33.4 Å². The first-order chi connectivity index (χ1) is 23.4. The molecule has 0 spiro atoms. The van der Waals surface area contributed by atoms with Crippen LogP contribution in [-0.2, 0) is 5.41 Å². The molecule has 258 valence electrons. The van der Waals surface area contributed by atoms with Gasteiger partial charge in [0.1, 0.15) is 50.7 Å². The number of ether oxygens (including phenoxy) is 1. The maximum absolute atomic E-state index is 10.3. The summed E-state index contributed by atoms with van der Waals surface area (Å²) in [5.41, 5.74) is 5.77. The lowest BCUT2D eigenvalue weighted by Gasteiger charge is -2.33. The van der Waals surface area contributed by atoms with Gasteiger partial charge < -0.3 is 14.9 Å². The summed E-state index contributed by atoms with van der Waals surface area (Å²) in [4.78, 5) is 2.98. The van der Waals surface area contributed by atoms with Gasteiger partial charge in [-0.15, -0.1) is 30.0 Å². The average Bonchev–Trinajstić information content (AvgIpc) is 3.68. The number of nitrogens with zero attached hydrogens (tertiary/aromatic N) is 6. The number of aromatic nitrogens is 6. The predicted octanol–water partition coefficient (Wildman–Crippen LogP) is 9.71. The first-order valence-corrected chi connectivity index (χ1v) is 17.4. The Hall–Kier alpha value is -4.92. The molecule has 0 unspecified atom stereocenters. The predicted molar refractivity (Wildman–Crippen MR) is 197 cm³/mol. The summed E-state index contributed by atoms with van der Waals surface area (Å²) < 4.78 is 5.73. The number of rotatable bonds is 12. The molecule has 0 aliphatic rings. The Bertz CT molecular complexity index is 1900. The molecule has 0 fully saturated rings. The van der Waals surface area contributed by atoms with Gasteiger partial charge in [-0.25, -0.2) is 0 Å². The van der Waals surface area contributed by atoms with Gasteiger partial charge >= 0.3 is 0 Å². The fourth-order valence-corrected chi connectivity index (χ4v) is 6.30. The van der Waals surface area contributed by atoms with Crippen LogP contribution in [0.3, 0.4) is 0 Å². The van der Waals surface area contributed by atoms with E-state index >= 15 is 0 Å². The van der Waals surface area contributed by atoms with E-state index < -0.39 is 0 Å². The maximum Gasteiger partial charge on any atom is 0.146 e. The van der Waals surface area contributed by atoms with Crippen molar-refractivity contribution in [1.82, 2.24) is 30.0 Å². The zero-order chi connectivity index (χ0) is 35.0. The smallest absolute Gasteiger partial charge is 0.146 e. The van der Waals surface area contributed by atoms with Crippen molar-refractivity contribution in [2.45, 2.75) is 91.9 Å². The zero-order valence-electron chi connectivity index (χ0n) is 29.7. The maximum atomic E-state index is 10.3. The van der Waals surface area contributed by atoms with Crippen molar-refractivity contribution in [1.29, 1.82) is 0 Å². The van der Waals surface area contributed by atoms with Gasteiger partial charge in [0, 0.05) is 6.07 Å². The van der Waals surface area contributed by atoms with Crippen LogP contribution in [-0.4, -0.2) is 46.8 Å². The minimum Gasteiger partial charge on any atom is -0.506 e. The molecular weight excluding hydrogens is 612 g/mol. The molecular formula is C40H50N6O3. The van der Waals surface area contributed by atoms with Gasteiger partial charge in [-0.3, -0.25) is 0 Å². The van der Waals surface area contributed by atoms with E-state index in [1.165, 1.54) is 47.3 Å². The van der Waals surface area contributed by atoms with E-state index in [0.29, 0.717) is 23.7 Å². The normalized spacial score (nSPS) is 11.9. The Morgan fingerprint density at radius 3 is 1.65 bits per heavy atom. The van der Waals surface area contributed by atoms with Crippen molar-refractivity contribution in [2.75, 3.05) is 6.61 Å². The number of fused-ring (bicyclic) bond motifs is 2. The summed E-state index contributed by atoms with van der Waals surface area (Å²) in [7, 11) is 0. The molecule has 0 aliphatic heterocycles. The highest BCUT2D eigenvalue weighted by molar-refractivity contribution is 5.74. The van der Waals surface area contributed by atoms with Crippen molar-refractivity contribution in [3.05, 3.63) is 90.5 Å². The summed E-state index contributed by atoms with van der Waals surface area (Å²) in [5, 5.41) is 38.4. The molecule has 0 atom stereocenters. The van der Waals surface area contributed by atoms with Crippen LogP contribution >= 0.6 is 0 Å². The molecule has 0 amide bonds. The molecule has 0 radical (unpaired) electrons. The summed E-state index contributed by atoms with van der Waals surface area (Å²) in [6.07, 6.45) is 8.41. The second-order valence-electron chi connectivity index (χ2n) is 14.5. The van der Waals surface area contributed by atoms with Crippen molar-refractivity contribution in [3.8, 4) is 28.6 Å². The largest absolute Gasteiger partial charge is 0.506 e. The van der Waals surface area contributed by atoms with E-state index in [2.05, 4.69) is 61.9 Å². The summed E-state index contributed by atoms with van der Waals surface area (Å²) in [5.74, 6) is 0.970. The monoisotopic (exact) mass is 662 g/mol. The number of benzene rings is 4. The highest BCUT2D eigenvalue weighted by atomic mass is 16.5. The van der Waals surface area contributed by atoms with Crippen LogP contribution < -0.4 is 4.74 Å². The van der Waals surface area contributed by atoms with Gasteiger partial charge in [0.25, 0.3) is 0 Å².